The summed E-state index contributed by atoms with van der Waals surface area (Å²) in [4.78, 5) is 8.58. The van der Waals surface area contributed by atoms with Crippen LogP contribution in [0.3, 0.4) is 0 Å². The van der Waals surface area contributed by atoms with E-state index in [0.717, 1.165) is 35.1 Å². The van der Waals surface area contributed by atoms with Gasteiger partial charge in [-0.2, -0.15) is 0 Å². The van der Waals surface area contributed by atoms with E-state index >= 15 is 0 Å². The van der Waals surface area contributed by atoms with Crippen molar-refractivity contribution in [2.24, 2.45) is 0 Å². The molecule has 1 aromatic heterocycles. The number of halogens is 1. The molecule has 4 heteroatoms. The van der Waals surface area contributed by atoms with Gasteiger partial charge >= 0.3 is 0 Å². The molecule has 0 fully saturated rings. The van der Waals surface area contributed by atoms with Crippen LogP contribution >= 0.6 is 11.6 Å². The van der Waals surface area contributed by atoms with Crippen molar-refractivity contribution in [1.82, 2.24) is 9.97 Å². The van der Waals surface area contributed by atoms with Gasteiger partial charge in [-0.15, -0.1) is 0 Å². The fourth-order valence-corrected chi connectivity index (χ4v) is 2.46. The number of aromatic nitrogens is 2. The van der Waals surface area contributed by atoms with Crippen LogP contribution in [0.5, 0.6) is 0 Å². The van der Waals surface area contributed by atoms with Crippen molar-refractivity contribution in [2.45, 2.75) is 6.42 Å². The Hall–Kier alpha value is -2.39. The lowest BCUT2D eigenvalue weighted by Crippen LogP contribution is -2.06. The fraction of sp³-hybridized carbons (Fsp3) is 0.111. The van der Waals surface area contributed by atoms with Crippen molar-refractivity contribution in [1.29, 1.82) is 0 Å². The standard InChI is InChI=1S/C18H16ClN3/c19-16-8-4-5-14(11-16)9-10-20-18-12-17(21-13-22-18)15-6-2-1-3-7-15/h1-8,11-13H,9-10H2,(H,20,21,22). The highest BCUT2D eigenvalue weighted by Crippen LogP contribution is 2.18. The summed E-state index contributed by atoms with van der Waals surface area (Å²) in [6, 6.07) is 20.0. The zero-order chi connectivity index (χ0) is 15.2. The van der Waals surface area contributed by atoms with Gasteiger partial charge in [0.2, 0.25) is 0 Å². The third kappa shape index (κ3) is 3.83. The molecule has 110 valence electrons. The Morgan fingerprint density at radius 2 is 1.77 bits per heavy atom. The van der Waals surface area contributed by atoms with E-state index in [1.54, 1.807) is 6.33 Å². The zero-order valence-corrected chi connectivity index (χ0v) is 12.8. The third-order valence-electron chi connectivity index (χ3n) is 3.35. The Balaban J connectivity index is 1.64. The molecule has 0 aliphatic rings. The van der Waals surface area contributed by atoms with Crippen molar-refractivity contribution in [2.75, 3.05) is 11.9 Å². The van der Waals surface area contributed by atoms with Crippen molar-refractivity contribution in [3.63, 3.8) is 0 Å². The van der Waals surface area contributed by atoms with Gasteiger partial charge in [0.15, 0.2) is 0 Å². The van der Waals surface area contributed by atoms with E-state index < -0.39 is 0 Å². The highest BCUT2D eigenvalue weighted by Gasteiger charge is 2.01. The molecule has 1 N–H and O–H groups in total. The molecule has 0 unspecified atom stereocenters. The SMILES string of the molecule is Clc1cccc(CCNc2cc(-c3ccccc3)ncn2)c1. The third-order valence-corrected chi connectivity index (χ3v) is 3.58. The number of benzene rings is 2. The predicted molar refractivity (Wildman–Crippen MR) is 91.1 cm³/mol. The Labute approximate surface area is 135 Å². The van der Waals surface area contributed by atoms with Gasteiger partial charge in [-0.25, -0.2) is 9.97 Å². The molecule has 0 saturated carbocycles. The molecule has 0 amide bonds. The second-order valence-corrected chi connectivity index (χ2v) is 5.40. The van der Waals surface area contributed by atoms with Crippen LogP contribution in [0, 0.1) is 0 Å². The summed E-state index contributed by atoms with van der Waals surface area (Å²) in [5, 5.41) is 4.10. The minimum atomic E-state index is 0.769. The quantitative estimate of drug-likeness (QED) is 0.756. The highest BCUT2D eigenvalue weighted by atomic mass is 35.5. The molecule has 0 saturated heterocycles. The van der Waals surface area contributed by atoms with Crippen LogP contribution in [-0.2, 0) is 6.42 Å². The van der Waals surface area contributed by atoms with Crippen LogP contribution in [0.2, 0.25) is 5.02 Å². The Morgan fingerprint density at radius 1 is 0.909 bits per heavy atom. The van der Waals surface area contributed by atoms with Crippen LogP contribution in [0.4, 0.5) is 5.82 Å². The number of anilines is 1. The van der Waals surface area contributed by atoms with Gasteiger partial charge in [0.1, 0.15) is 12.1 Å². The van der Waals surface area contributed by atoms with E-state index in [1.807, 2.05) is 54.6 Å². The second kappa shape index (κ2) is 7.05. The van der Waals surface area contributed by atoms with E-state index in [9.17, 15) is 0 Å². The zero-order valence-electron chi connectivity index (χ0n) is 12.0. The first-order chi connectivity index (χ1) is 10.8. The molecule has 0 aliphatic carbocycles. The summed E-state index contributed by atoms with van der Waals surface area (Å²) in [5.41, 5.74) is 3.21. The summed E-state index contributed by atoms with van der Waals surface area (Å²) in [5.74, 6) is 0.830. The van der Waals surface area contributed by atoms with Crippen molar-refractivity contribution < 1.29 is 0 Å². The van der Waals surface area contributed by atoms with E-state index in [1.165, 1.54) is 5.56 Å². The van der Waals surface area contributed by atoms with Crippen LogP contribution in [0.25, 0.3) is 11.3 Å². The van der Waals surface area contributed by atoms with Crippen LogP contribution in [-0.4, -0.2) is 16.5 Å². The molecular weight excluding hydrogens is 294 g/mol. The molecule has 3 rings (SSSR count). The molecular formula is C18H16ClN3. The average molecular weight is 310 g/mol. The molecule has 0 radical (unpaired) electrons. The average Bonchev–Trinajstić information content (AvgIpc) is 2.56. The summed E-state index contributed by atoms with van der Waals surface area (Å²) < 4.78 is 0. The highest BCUT2D eigenvalue weighted by molar-refractivity contribution is 6.30. The van der Waals surface area contributed by atoms with Gasteiger partial charge in [0, 0.05) is 23.2 Å². The number of nitrogens with zero attached hydrogens (tertiary/aromatic N) is 2. The molecule has 0 aliphatic heterocycles. The minimum absolute atomic E-state index is 0.769. The van der Waals surface area contributed by atoms with Crippen molar-refractivity contribution in [3.05, 3.63) is 77.6 Å². The smallest absolute Gasteiger partial charge is 0.129 e. The maximum atomic E-state index is 5.99. The van der Waals surface area contributed by atoms with Crippen molar-refractivity contribution >= 4 is 17.4 Å². The van der Waals surface area contributed by atoms with Crippen LogP contribution in [0.1, 0.15) is 5.56 Å². The first-order valence-electron chi connectivity index (χ1n) is 7.17. The van der Waals surface area contributed by atoms with Gasteiger partial charge in [-0.3, -0.25) is 0 Å². The van der Waals surface area contributed by atoms with Gasteiger partial charge in [-0.05, 0) is 24.1 Å². The molecule has 0 atom stereocenters. The Morgan fingerprint density at radius 3 is 2.59 bits per heavy atom. The monoisotopic (exact) mass is 309 g/mol. The Kier molecular flexibility index (Phi) is 4.66. The van der Waals surface area contributed by atoms with E-state index in [0.29, 0.717) is 0 Å². The lowest BCUT2D eigenvalue weighted by Gasteiger charge is -2.07. The number of hydrogen-bond acceptors (Lipinski definition) is 3. The van der Waals surface area contributed by atoms with Crippen molar-refractivity contribution in [3.8, 4) is 11.3 Å². The maximum Gasteiger partial charge on any atom is 0.129 e. The van der Waals surface area contributed by atoms with E-state index in [-0.39, 0.29) is 0 Å². The number of hydrogen-bond donors (Lipinski definition) is 1. The van der Waals surface area contributed by atoms with Gasteiger partial charge in [-0.1, -0.05) is 54.1 Å². The summed E-state index contributed by atoms with van der Waals surface area (Å²) in [6.45, 7) is 0.797. The number of rotatable bonds is 5. The molecule has 22 heavy (non-hydrogen) atoms. The summed E-state index contributed by atoms with van der Waals surface area (Å²) in [6.07, 6.45) is 2.48. The predicted octanol–water partition coefficient (Wildman–Crippen LogP) is 4.45. The normalized spacial score (nSPS) is 10.4. The van der Waals surface area contributed by atoms with Gasteiger partial charge < -0.3 is 5.32 Å². The topological polar surface area (TPSA) is 37.8 Å². The summed E-state index contributed by atoms with van der Waals surface area (Å²) in [7, 11) is 0. The molecule has 1 heterocycles. The molecule has 0 bridgehead atoms. The van der Waals surface area contributed by atoms with Crippen LogP contribution in [0.15, 0.2) is 67.0 Å². The van der Waals surface area contributed by atoms with Gasteiger partial charge in [0.25, 0.3) is 0 Å². The van der Waals surface area contributed by atoms with Gasteiger partial charge in [0.05, 0.1) is 5.69 Å². The minimum Gasteiger partial charge on any atom is -0.370 e. The second-order valence-electron chi connectivity index (χ2n) is 4.96. The summed E-state index contributed by atoms with van der Waals surface area (Å²) >= 11 is 5.99. The molecule has 0 spiro atoms. The lowest BCUT2D eigenvalue weighted by atomic mass is 10.1. The molecule has 3 nitrogen and oxygen atoms in total. The first-order valence-corrected chi connectivity index (χ1v) is 7.55. The maximum absolute atomic E-state index is 5.99. The molecule has 2 aromatic carbocycles. The Bertz CT molecular complexity index is 744. The molecule has 3 aromatic rings. The number of nitrogens with one attached hydrogen (secondary N) is 1. The van der Waals surface area contributed by atoms with E-state index in [2.05, 4.69) is 21.4 Å². The van der Waals surface area contributed by atoms with E-state index in [4.69, 9.17) is 11.6 Å². The largest absolute Gasteiger partial charge is 0.370 e. The van der Waals surface area contributed by atoms with Crippen LogP contribution < -0.4 is 5.32 Å². The fourth-order valence-electron chi connectivity index (χ4n) is 2.25. The first kappa shape index (κ1) is 14.5. The lowest BCUT2D eigenvalue weighted by molar-refractivity contribution is 1.00.